The fourth-order valence-corrected chi connectivity index (χ4v) is 3.78. The van der Waals surface area contributed by atoms with Crippen LogP contribution >= 0.6 is 0 Å². The summed E-state index contributed by atoms with van der Waals surface area (Å²) < 4.78 is 1.85. The van der Waals surface area contributed by atoms with Gasteiger partial charge in [0.1, 0.15) is 0 Å². The van der Waals surface area contributed by atoms with E-state index in [1.54, 1.807) is 6.20 Å². The van der Waals surface area contributed by atoms with Crippen molar-refractivity contribution in [2.24, 2.45) is 4.99 Å². The van der Waals surface area contributed by atoms with E-state index in [9.17, 15) is 4.79 Å². The molecule has 32 heavy (non-hydrogen) atoms. The van der Waals surface area contributed by atoms with Crippen LogP contribution < -0.4 is 15.5 Å². The van der Waals surface area contributed by atoms with Gasteiger partial charge in [0, 0.05) is 44.1 Å². The molecule has 1 aliphatic heterocycles. The minimum absolute atomic E-state index is 0.213. The Morgan fingerprint density at radius 3 is 2.44 bits per heavy atom. The number of nitrogens with one attached hydrogen (secondary N) is 2. The van der Waals surface area contributed by atoms with Crippen molar-refractivity contribution in [1.29, 1.82) is 0 Å². The van der Waals surface area contributed by atoms with Crippen molar-refractivity contribution in [3.8, 4) is 5.69 Å². The third-order valence-corrected chi connectivity index (χ3v) is 5.50. The number of aliphatic imine (C=N–C) groups is 1. The van der Waals surface area contributed by atoms with Crippen LogP contribution in [-0.2, 0) is 17.8 Å². The molecule has 0 unspecified atom stereocenters. The zero-order chi connectivity index (χ0) is 22.2. The summed E-state index contributed by atoms with van der Waals surface area (Å²) in [6.07, 6.45) is 6.22. The molecule has 1 saturated heterocycles. The molecule has 0 aliphatic carbocycles. The lowest BCUT2D eigenvalue weighted by atomic mass is 10.1. The first-order valence-corrected chi connectivity index (χ1v) is 11.2. The van der Waals surface area contributed by atoms with Gasteiger partial charge in [0.15, 0.2) is 5.96 Å². The highest BCUT2D eigenvalue weighted by Gasteiger charge is 2.21. The summed E-state index contributed by atoms with van der Waals surface area (Å²) in [4.78, 5) is 18.5. The summed E-state index contributed by atoms with van der Waals surface area (Å²) in [7, 11) is 0. The minimum Gasteiger partial charge on any atom is -0.357 e. The molecule has 2 N–H and O–H groups in total. The number of guanidine groups is 1. The van der Waals surface area contributed by atoms with E-state index >= 15 is 0 Å². The smallest absolute Gasteiger partial charge is 0.227 e. The van der Waals surface area contributed by atoms with Crippen molar-refractivity contribution in [1.82, 2.24) is 20.4 Å². The second kappa shape index (κ2) is 10.6. The SMILES string of the molecule is CCNC(=NCc1ccc(N2CCCC2=O)cc1)NCCc1ccc(-n2cccn2)cc1. The molecule has 7 heteroatoms. The first-order valence-electron chi connectivity index (χ1n) is 11.2. The number of rotatable bonds is 8. The van der Waals surface area contributed by atoms with E-state index in [0.717, 1.165) is 55.4 Å². The molecule has 4 rings (SSSR count). The Labute approximate surface area is 189 Å². The van der Waals surface area contributed by atoms with Gasteiger partial charge in [0.05, 0.1) is 12.2 Å². The number of carbonyl (C=O) groups excluding carboxylic acids is 1. The van der Waals surface area contributed by atoms with E-state index < -0.39 is 0 Å². The Morgan fingerprint density at radius 2 is 1.78 bits per heavy atom. The molecule has 3 aromatic rings. The summed E-state index contributed by atoms with van der Waals surface area (Å²) in [5.41, 5.74) is 4.41. The lowest BCUT2D eigenvalue weighted by Crippen LogP contribution is -2.38. The van der Waals surface area contributed by atoms with Gasteiger partial charge in [-0.25, -0.2) is 9.67 Å². The molecule has 1 aromatic heterocycles. The third-order valence-electron chi connectivity index (χ3n) is 5.50. The van der Waals surface area contributed by atoms with E-state index in [-0.39, 0.29) is 5.91 Å². The largest absolute Gasteiger partial charge is 0.357 e. The van der Waals surface area contributed by atoms with Crippen LogP contribution in [0.4, 0.5) is 5.69 Å². The van der Waals surface area contributed by atoms with Crippen molar-refractivity contribution in [2.75, 3.05) is 24.5 Å². The van der Waals surface area contributed by atoms with Crippen molar-refractivity contribution >= 4 is 17.6 Å². The zero-order valence-corrected chi connectivity index (χ0v) is 18.5. The average Bonchev–Trinajstić information content (AvgIpc) is 3.50. The Balaban J connectivity index is 1.28. The molecular weight excluding hydrogens is 400 g/mol. The molecule has 0 atom stereocenters. The number of hydrogen-bond acceptors (Lipinski definition) is 3. The van der Waals surface area contributed by atoms with Crippen LogP contribution in [0.5, 0.6) is 0 Å². The molecule has 0 bridgehead atoms. The van der Waals surface area contributed by atoms with Gasteiger partial charge in [-0.3, -0.25) is 4.79 Å². The highest BCUT2D eigenvalue weighted by atomic mass is 16.2. The van der Waals surface area contributed by atoms with Gasteiger partial charge in [0.2, 0.25) is 5.91 Å². The Hall–Kier alpha value is -3.61. The number of amides is 1. The molecule has 0 radical (unpaired) electrons. The maximum atomic E-state index is 11.9. The van der Waals surface area contributed by atoms with E-state index in [1.807, 2.05) is 34.0 Å². The van der Waals surface area contributed by atoms with Gasteiger partial charge in [-0.15, -0.1) is 0 Å². The lowest BCUT2D eigenvalue weighted by molar-refractivity contribution is -0.117. The third kappa shape index (κ3) is 5.55. The Morgan fingerprint density at radius 1 is 1.03 bits per heavy atom. The van der Waals surface area contributed by atoms with Crippen molar-refractivity contribution < 1.29 is 4.79 Å². The van der Waals surface area contributed by atoms with Gasteiger partial charge < -0.3 is 15.5 Å². The predicted octanol–water partition coefficient (Wildman–Crippen LogP) is 3.30. The van der Waals surface area contributed by atoms with E-state index in [1.165, 1.54) is 5.56 Å². The van der Waals surface area contributed by atoms with Crippen LogP contribution in [0, 0.1) is 0 Å². The summed E-state index contributed by atoms with van der Waals surface area (Å²) >= 11 is 0. The van der Waals surface area contributed by atoms with Gasteiger partial charge in [-0.05, 0) is 61.2 Å². The quantitative estimate of drug-likeness (QED) is 0.425. The first-order chi connectivity index (χ1) is 15.7. The second-order valence-electron chi connectivity index (χ2n) is 7.80. The van der Waals surface area contributed by atoms with Gasteiger partial charge in [0.25, 0.3) is 0 Å². The van der Waals surface area contributed by atoms with Crippen molar-refractivity contribution in [3.05, 3.63) is 78.1 Å². The van der Waals surface area contributed by atoms with E-state index in [2.05, 4.69) is 59.1 Å². The van der Waals surface area contributed by atoms with Crippen LogP contribution in [0.1, 0.15) is 30.9 Å². The topological polar surface area (TPSA) is 74.6 Å². The molecule has 2 aromatic carbocycles. The van der Waals surface area contributed by atoms with E-state index in [0.29, 0.717) is 13.0 Å². The zero-order valence-electron chi connectivity index (χ0n) is 18.5. The van der Waals surface area contributed by atoms with Crippen LogP contribution in [0.2, 0.25) is 0 Å². The van der Waals surface area contributed by atoms with Gasteiger partial charge in [-0.2, -0.15) is 5.10 Å². The van der Waals surface area contributed by atoms with Crippen molar-refractivity contribution in [2.45, 2.75) is 32.7 Å². The van der Waals surface area contributed by atoms with E-state index in [4.69, 9.17) is 4.99 Å². The summed E-state index contributed by atoms with van der Waals surface area (Å²) in [6.45, 7) is 5.06. The predicted molar refractivity (Wildman–Crippen MR) is 128 cm³/mol. The standard InChI is InChI=1S/C25H30N6O/c1-2-26-25(27-16-14-20-6-12-23(13-7-20)31-18-4-15-29-31)28-19-21-8-10-22(11-9-21)30-17-3-5-24(30)32/h4,6-13,15,18H,2-3,5,14,16-17,19H2,1H3,(H2,26,27,28). The Bertz CT molecular complexity index is 1030. The fourth-order valence-electron chi connectivity index (χ4n) is 3.78. The summed E-state index contributed by atoms with van der Waals surface area (Å²) in [5, 5.41) is 11.0. The van der Waals surface area contributed by atoms with Crippen molar-refractivity contribution in [3.63, 3.8) is 0 Å². The van der Waals surface area contributed by atoms with Crippen LogP contribution in [0.3, 0.4) is 0 Å². The Kier molecular flexibility index (Phi) is 7.17. The monoisotopic (exact) mass is 430 g/mol. The second-order valence-corrected chi connectivity index (χ2v) is 7.80. The molecule has 0 spiro atoms. The normalized spacial score (nSPS) is 14.1. The van der Waals surface area contributed by atoms with Crippen LogP contribution in [0.15, 0.2) is 72.0 Å². The number of hydrogen-bond donors (Lipinski definition) is 2. The lowest BCUT2D eigenvalue weighted by Gasteiger charge is -2.16. The highest BCUT2D eigenvalue weighted by Crippen LogP contribution is 2.21. The molecule has 1 aliphatic rings. The van der Waals surface area contributed by atoms with Crippen LogP contribution in [0.25, 0.3) is 5.69 Å². The number of nitrogens with zero attached hydrogens (tertiary/aromatic N) is 4. The number of anilines is 1. The molecule has 2 heterocycles. The first kappa shape index (κ1) is 21.6. The van der Waals surface area contributed by atoms with Gasteiger partial charge >= 0.3 is 0 Å². The number of aromatic nitrogens is 2. The van der Waals surface area contributed by atoms with Gasteiger partial charge in [-0.1, -0.05) is 24.3 Å². The summed E-state index contributed by atoms with van der Waals surface area (Å²) in [6, 6.07) is 18.5. The molecule has 1 amide bonds. The molecular formula is C25H30N6O. The number of carbonyl (C=O) groups is 1. The highest BCUT2D eigenvalue weighted by molar-refractivity contribution is 5.95. The molecule has 0 saturated carbocycles. The summed E-state index contributed by atoms with van der Waals surface area (Å²) in [5.74, 6) is 1.02. The molecule has 166 valence electrons. The molecule has 1 fully saturated rings. The maximum Gasteiger partial charge on any atom is 0.227 e. The average molecular weight is 431 g/mol. The minimum atomic E-state index is 0.213. The fraction of sp³-hybridized carbons (Fsp3) is 0.320. The van der Waals surface area contributed by atoms with Crippen LogP contribution in [-0.4, -0.2) is 41.3 Å². The molecule has 7 nitrogen and oxygen atoms in total. The number of benzene rings is 2. The maximum absolute atomic E-state index is 11.9.